The third-order valence-electron chi connectivity index (χ3n) is 4.07. The maximum atomic E-state index is 9.65. The lowest BCUT2D eigenvalue weighted by Gasteiger charge is -2.31. The van der Waals surface area contributed by atoms with Crippen molar-refractivity contribution < 1.29 is 9.84 Å². The van der Waals surface area contributed by atoms with E-state index >= 15 is 0 Å². The van der Waals surface area contributed by atoms with Gasteiger partial charge in [-0.25, -0.2) is 0 Å². The molecule has 2 atom stereocenters. The van der Waals surface area contributed by atoms with E-state index in [1.807, 2.05) is 30.3 Å². The van der Waals surface area contributed by atoms with Crippen LogP contribution in [0.2, 0.25) is 0 Å². The van der Waals surface area contributed by atoms with Gasteiger partial charge in [-0.05, 0) is 25.5 Å². The van der Waals surface area contributed by atoms with E-state index in [0.717, 1.165) is 38.2 Å². The highest BCUT2D eigenvalue weighted by Gasteiger charge is 2.28. The van der Waals surface area contributed by atoms with Crippen LogP contribution in [-0.4, -0.2) is 49.5 Å². The third-order valence-corrected chi connectivity index (χ3v) is 4.07. The lowest BCUT2D eigenvalue weighted by Crippen LogP contribution is -2.44. The molecule has 1 aromatic rings. The monoisotopic (exact) mass is 264 g/mol. The fourth-order valence-electron chi connectivity index (χ4n) is 2.51. The van der Waals surface area contributed by atoms with Crippen LogP contribution >= 0.6 is 0 Å². The van der Waals surface area contributed by atoms with Crippen LogP contribution in [0.15, 0.2) is 30.3 Å². The Balaban J connectivity index is 1.95. The number of benzene rings is 1. The summed E-state index contributed by atoms with van der Waals surface area (Å²) < 4.78 is 5.40. The summed E-state index contributed by atoms with van der Waals surface area (Å²) in [5.41, 5.74) is 6.69. The van der Waals surface area contributed by atoms with Gasteiger partial charge in [0.15, 0.2) is 0 Å². The topological polar surface area (TPSA) is 58.7 Å². The van der Waals surface area contributed by atoms with Crippen LogP contribution in [0.3, 0.4) is 0 Å². The fourth-order valence-corrected chi connectivity index (χ4v) is 2.51. The molecule has 4 heteroatoms. The number of nitrogens with zero attached hydrogens (tertiary/aromatic N) is 1. The second-order valence-electron chi connectivity index (χ2n) is 5.43. The molecule has 0 spiro atoms. The summed E-state index contributed by atoms with van der Waals surface area (Å²) in [7, 11) is 2.10. The van der Waals surface area contributed by atoms with Crippen LogP contribution in [-0.2, 0) is 10.3 Å². The zero-order chi connectivity index (χ0) is 13.7. The number of hydrogen-bond acceptors (Lipinski definition) is 4. The number of ether oxygens (including phenoxy) is 1. The molecule has 3 N–H and O–H groups in total. The van der Waals surface area contributed by atoms with E-state index in [9.17, 15) is 5.11 Å². The van der Waals surface area contributed by atoms with E-state index in [4.69, 9.17) is 10.5 Å². The lowest BCUT2D eigenvalue weighted by molar-refractivity contribution is 0.137. The maximum absolute atomic E-state index is 9.65. The molecule has 0 saturated carbocycles. The number of hydrogen-bond donors (Lipinski definition) is 2. The van der Waals surface area contributed by atoms with Gasteiger partial charge in [0.2, 0.25) is 0 Å². The van der Waals surface area contributed by atoms with Gasteiger partial charge in [-0.1, -0.05) is 30.3 Å². The second kappa shape index (κ2) is 6.48. The molecule has 1 saturated heterocycles. The molecular weight excluding hydrogens is 240 g/mol. The molecule has 1 aromatic carbocycles. The summed E-state index contributed by atoms with van der Waals surface area (Å²) in [6.07, 6.45) is 1.82. The van der Waals surface area contributed by atoms with Gasteiger partial charge in [-0.15, -0.1) is 0 Å². The maximum Gasteiger partial charge on any atom is 0.0656 e. The third kappa shape index (κ3) is 3.54. The van der Waals surface area contributed by atoms with Crippen molar-refractivity contribution in [3.8, 4) is 0 Å². The zero-order valence-corrected chi connectivity index (χ0v) is 11.6. The first-order chi connectivity index (χ1) is 9.15. The Morgan fingerprint density at radius 2 is 2.16 bits per heavy atom. The van der Waals surface area contributed by atoms with E-state index in [-0.39, 0.29) is 6.61 Å². The number of rotatable bonds is 6. The van der Waals surface area contributed by atoms with Crippen LogP contribution in [0.25, 0.3) is 0 Å². The number of likely N-dealkylation sites (N-methyl/N-ethyl adjacent to an activating group) is 1. The van der Waals surface area contributed by atoms with Crippen molar-refractivity contribution in [3.05, 3.63) is 35.9 Å². The van der Waals surface area contributed by atoms with Gasteiger partial charge in [0.25, 0.3) is 0 Å². The normalized spacial score (nSPS) is 22.6. The van der Waals surface area contributed by atoms with Gasteiger partial charge in [0.05, 0.1) is 18.8 Å². The Bertz CT molecular complexity index is 379. The molecule has 0 bridgehead atoms. The fraction of sp³-hybridized carbons (Fsp3) is 0.600. The molecular formula is C15H24N2O2. The Labute approximate surface area is 115 Å². The predicted octanol–water partition coefficient (Wildman–Crippen LogP) is 0.944. The minimum absolute atomic E-state index is 0.0357. The SMILES string of the molecule is CN(CCC(N)(CO)c1ccccc1)C1CCOC1. The van der Waals surface area contributed by atoms with Crippen molar-refractivity contribution in [1.29, 1.82) is 0 Å². The minimum Gasteiger partial charge on any atom is -0.394 e. The molecule has 2 unspecified atom stereocenters. The van der Waals surface area contributed by atoms with Crippen molar-refractivity contribution in [2.45, 2.75) is 24.4 Å². The molecule has 1 heterocycles. The zero-order valence-electron chi connectivity index (χ0n) is 11.6. The van der Waals surface area contributed by atoms with Gasteiger partial charge < -0.3 is 20.5 Å². The summed E-state index contributed by atoms with van der Waals surface area (Å²) in [5, 5.41) is 9.65. The smallest absolute Gasteiger partial charge is 0.0656 e. The van der Waals surface area contributed by atoms with E-state index < -0.39 is 5.54 Å². The molecule has 2 rings (SSSR count). The van der Waals surface area contributed by atoms with E-state index in [2.05, 4.69) is 11.9 Å². The summed E-state index contributed by atoms with van der Waals surface area (Å²) in [5.74, 6) is 0. The first-order valence-electron chi connectivity index (χ1n) is 6.89. The molecule has 0 aromatic heterocycles. The molecule has 0 amide bonds. The summed E-state index contributed by atoms with van der Waals surface area (Å²) in [6.45, 7) is 2.48. The van der Waals surface area contributed by atoms with Crippen LogP contribution in [0.1, 0.15) is 18.4 Å². The Morgan fingerprint density at radius 1 is 1.42 bits per heavy atom. The molecule has 1 fully saturated rings. The number of aliphatic hydroxyl groups excluding tert-OH is 1. The molecule has 0 radical (unpaired) electrons. The molecule has 19 heavy (non-hydrogen) atoms. The molecule has 1 aliphatic rings. The van der Waals surface area contributed by atoms with Crippen molar-refractivity contribution >= 4 is 0 Å². The highest BCUT2D eigenvalue weighted by molar-refractivity contribution is 5.24. The average molecular weight is 264 g/mol. The average Bonchev–Trinajstić information content (AvgIpc) is 2.99. The molecule has 0 aliphatic carbocycles. The Kier molecular flexibility index (Phi) is 4.93. The quantitative estimate of drug-likeness (QED) is 0.803. The molecule has 1 aliphatic heterocycles. The second-order valence-corrected chi connectivity index (χ2v) is 5.43. The van der Waals surface area contributed by atoms with E-state index in [1.54, 1.807) is 0 Å². The van der Waals surface area contributed by atoms with Crippen LogP contribution < -0.4 is 5.73 Å². The van der Waals surface area contributed by atoms with Gasteiger partial charge in [-0.2, -0.15) is 0 Å². The van der Waals surface area contributed by atoms with Crippen molar-refractivity contribution in [3.63, 3.8) is 0 Å². The molecule has 4 nitrogen and oxygen atoms in total. The number of nitrogens with two attached hydrogens (primary N) is 1. The van der Waals surface area contributed by atoms with Gasteiger partial charge in [0, 0.05) is 19.2 Å². The van der Waals surface area contributed by atoms with Gasteiger partial charge >= 0.3 is 0 Å². The van der Waals surface area contributed by atoms with Crippen molar-refractivity contribution in [1.82, 2.24) is 4.90 Å². The van der Waals surface area contributed by atoms with Crippen LogP contribution in [0, 0.1) is 0 Å². The summed E-state index contributed by atoms with van der Waals surface area (Å²) in [4.78, 5) is 2.28. The number of aliphatic hydroxyl groups is 1. The van der Waals surface area contributed by atoms with Crippen LogP contribution in [0.5, 0.6) is 0 Å². The standard InChI is InChI=1S/C15H24N2O2/c1-17(14-7-10-19-11-14)9-8-15(16,12-18)13-5-3-2-4-6-13/h2-6,14,18H,7-12,16H2,1H3. The Morgan fingerprint density at radius 3 is 2.74 bits per heavy atom. The molecule has 106 valence electrons. The van der Waals surface area contributed by atoms with Crippen molar-refractivity contribution in [2.75, 3.05) is 33.4 Å². The first-order valence-corrected chi connectivity index (χ1v) is 6.89. The van der Waals surface area contributed by atoms with Gasteiger partial charge in [-0.3, -0.25) is 0 Å². The van der Waals surface area contributed by atoms with Gasteiger partial charge in [0.1, 0.15) is 0 Å². The Hall–Kier alpha value is -0.940. The van der Waals surface area contributed by atoms with Crippen LogP contribution in [0.4, 0.5) is 0 Å². The largest absolute Gasteiger partial charge is 0.394 e. The highest BCUT2D eigenvalue weighted by Crippen LogP contribution is 2.22. The summed E-state index contributed by atoms with van der Waals surface area (Å²) >= 11 is 0. The lowest BCUT2D eigenvalue weighted by atomic mass is 9.88. The minimum atomic E-state index is -0.658. The van der Waals surface area contributed by atoms with Crippen molar-refractivity contribution in [2.24, 2.45) is 5.73 Å². The van der Waals surface area contributed by atoms with E-state index in [1.165, 1.54) is 0 Å². The highest BCUT2D eigenvalue weighted by atomic mass is 16.5. The summed E-state index contributed by atoms with van der Waals surface area (Å²) in [6, 6.07) is 10.3. The predicted molar refractivity (Wildman–Crippen MR) is 75.9 cm³/mol. The van der Waals surface area contributed by atoms with E-state index in [0.29, 0.717) is 6.04 Å². The first kappa shape index (κ1) is 14.5.